The zero-order valence-corrected chi connectivity index (χ0v) is 11.7. The molecule has 1 heterocycles. The molecule has 0 bridgehead atoms. The van der Waals surface area contributed by atoms with E-state index in [1.165, 1.54) is 25.7 Å². The van der Waals surface area contributed by atoms with E-state index >= 15 is 0 Å². The molecule has 0 aromatic carbocycles. The number of hydrogen-bond acceptors (Lipinski definition) is 2. The van der Waals surface area contributed by atoms with Gasteiger partial charge in [0.05, 0.1) is 5.69 Å². The molecule has 0 amide bonds. The Balaban J connectivity index is 1.94. The first kappa shape index (κ1) is 13.2. The molecule has 3 nitrogen and oxygen atoms in total. The van der Waals surface area contributed by atoms with Crippen molar-refractivity contribution >= 4 is 5.95 Å². The summed E-state index contributed by atoms with van der Waals surface area (Å²) in [5.74, 6) is 2.63. The minimum absolute atomic E-state index is 0.799. The van der Waals surface area contributed by atoms with Gasteiger partial charge >= 0.3 is 0 Å². The molecule has 18 heavy (non-hydrogen) atoms. The summed E-state index contributed by atoms with van der Waals surface area (Å²) in [6.45, 7) is 10.1. The van der Waals surface area contributed by atoms with Gasteiger partial charge in [-0.2, -0.15) is 0 Å². The van der Waals surface area contributed by atoms with Gasteiger partial charge in [-0.05, 0) is 25.2 Å². The number of nitrogens with one attached hydrogen (secondary N) is 1. The fourth-order valence-corrected chi connectivity index (χ4v) is 2.88. The van der Waals surface area contributed by atoms with Crippen LogP contribution in [0.2, 0.25) is 0 Å². The molecule has 2 rings (SSSR count). The summed E-state index contributed by atoms with van der Waals surface area (Å²) in [4.78, 5) is 4.54. The Bertz CT molecular complexity index is 394. The maximum atomic E-state index is 4.54. The molecule has 2 unspecified atom stereocenters. The highest BCUT2D eigenvalue weighted by atomic mass is 15.2. The zero-order valence-electron chi connectivity index (χ0n) is 11.7. The predicted molar refractivity (Wildman–Crippen MR) is 76.8 cm³/mol. The Kier molecular flexibility index (Phi) is 4.45. The fraction of sp³-hybridized carbons (Fsp3) is 0.667. The first-order valence-electron chi connectivity index (χ1n) is 7.09. The van der Waals surface area contributed by atoms with Gasteiger partial charge in [0.25, 0.3) is 0 Å². The Morgan fingerprint density at radius 1 is 1.50 bits per heavy atom. The van der Waals surface area contributed by atoms with E-state index in [0.29, 0.717) is 0 Å². The van der Waals surface area contributed by atoms with Crippen molar-refractivity contribution in [3.8, 4) is 0 Å². The van der Waals surface area contributed by atoms with Crippen LogP contribution in [0.4, 0.5) is 5.95 Å². The van der Waals surface area contributed by atoms with Crippen molar-refractivity contribution < 1.29 is 0 Å². The molecule has 1 saturated carbocycles. The lowest BCUT2D eigenvalue weighted by Crippen LogP contribution is -2.25. The lowest BCUT2D eigenvalue weighted by atomic mass is 9.80. The second-order valence-electron chi connectivity index (χ2n) is 5.55. The van der Waals surface area contributed by atoms with Crippen molar-refractivity contribution in [2.24, 2.45) is 11.8 Å². The molecular formula is C15H25N3. The first-order valence-corrected chi connectivity index (χ1v) is 7.09. The molecular weight excluding hydrogens is 222 g/mol. The van der Waals surface area contributed by atoms with Crippen LogP contribution in [-0.2, 0) is 6.54 Å². The molecule has 0 aliphatic heterocycles. The lowest BCUT2D eigenvalue weighted by Gasteiger charge is -2.29. The summed E-state index contributed by atoms with van der Waals surface area (Å²) in [5.41, 5.74) is 1.07. The standard InChI is InChI=1S/C15H25N3/c1-4-9-18-11-13(3)17-15(18)16-10-14-8-6-5-7-12(14)2/h4,11-12,14H,1,5-10H2,2-3H3,(H,16,17). The van der Waals surface area contributed by atoms with Gasteiger partial charge in [-0.25, -0.2) is 4.98 Å². The summed E-state index contributed by atoms with van der Waals surface area (Å²) in [6.07, 6.45) is 9.52. The van der Waals surface area contributed by atoms with Crippen LogP contribution >= 0.6 is 0 Å². The van der Waals surface area contributed by atoms with Crippen molar-refractivity contribution in [3.05, 3.63) is 24.5 Å². The van der Waals surface area contributed by atoms with E-state index in [1.54, 1.807) is 0 Å². The highest BCUT2D eigenvalue weighted by molar-refractivity contribution is 5.29. The summed E-state index contributed by atoms with van der Waals surface area (Å²) < 4.78 is 2.13. The molecule has 0 spiro atoms. The zero-order chi connectivity index (χ0) is 13.0. The number of aromatic nitrogens is 2. The Labute approximate surface area is 110 Å². The molecule has 2 atom stereocenters. The van der Waals surface area contributed by atoms with Gasteiger partial charge in [0.15, 0.2) is 0 Å². The second kappa shape index (κ2) is 6.07. The average molecular weight is 247 g/mol. The van der Waals surface area contributed by atoms with Gasteiger partial charge in [-0.1, -0.05) is 32.3 Å². The van der Waals surface area contributed by atoms with Crippen LogP contribution < -0.4 is 5.32 Å². The largest absolute Gasteiger partial charge is 0.355 e. The summed E-state index contributed by atoms with van der Waals surface area (Å²) >= 11 is 0. The quantitative estimate of drug-likeness (QED) is 0.805. The van der Waals surface area contributed by atoms with E-state index in [4.69, 9.17) is 0 Å². The molecule has 1 aliphatic rings. The van der Waals surface area contributed by atoms with Crippen molar-refractivity contribution in [1.29, 1.82) is 0 Å². The third-order valence-corrected chi connectivity index (χ3v) is 4.03. The highest BCUT2D eigenvalue weighted by Gasteiger charge is 2.21. The number of anilines is 1. The third kappa shape index (κ3) is 3.15. The maximum absolute atomic E-state index is 4.54. The third-order valence-electron chi connectivity index (χ3n) is 4.03. The SMILES string of the molecule is C=CCn1cc(C)nc1NCC1CCCCC1C. The van der Waals surface area contributed by atoms with Crippen LogP contribution in [-0.4, -0.2) is 16.1 Å². The van der Waals surface area contributed by atoms with E-state index in [0.717, 1.165) is 36.6 Å². The normalized spacial score (nSPS) is 23.9. The summed E-state index contributed by atoms with van der Waals surface area (Å²) in [5, 5.41) is 3.52. The maximum Gasteiger partial charge on any atom is 0.203 e. The van der Waals surface area contributed by atoms with Crippen LogP contribution in [0.15, 0.2) is 18.9 Å². The van der Waals surface area contributed by atoms with Gasteiger partial charge in [0, 0.05) is 19.3 Å². The van der Waals surface area contributed by atoms with Crippen LogP contribution in [0.25, 0.3) is 0 Å². The summed E-state index contributed by atoms with van der Waals surface area (Å²) in [7, 11) is 0. The number of hydrogen-bond donors (Lipinski definition) is 1. The predicted octanol–water partition coefficient (Wildman–Crippen LogP) is 3.62. The molecule has 1 aliphatic carbocycles. The fourth-order valence-electron chi connectivity index (χ4n) is 2.88. The number of rotatable bonds is 5. The van der Waals surface area contributed by atoms with E-state index in [1.807, 2.05) is 13.0 Å². The first-order chi connectivity index (χ1) is 8.70. The van der Waals surface area contributed by atoms with Crippen molar-refractivity contribution in [1.82, 2.24) is 9.55 Å². The molecule has 0 radical (unpaired) electrons. The van der Waals surface area contributed by atoms with E-state index in [9.17, 15) is 0 Å². The number of nitrogens with zero attached hydrogens (tertiary/aromatic N) is 2. The number of allylic oxidation sites excluding steroid dienone is 1. The molecule has 3 heteroatoms. The van der Waals surface area contributed by atoms with Gasteiger partial charge < -0.3 is 9.88 Å². The molecule has 1 aromatic rings. The van der Waals surface area contributed by atoms with E-state index in [2.05, 4.69) is 34.6 Å². The lowest BCUT2D eigenvalue weighted by molar-refractivity contribution is 0.268. The monoisotopic (exact) mass is 247 g/mol. The molecule has 0 saturated heterocycles. The van der Waals surface area contributed by atoms with Crippen molar-refractivity contribution in [3.63, 3.8) is 0 Å². The minimum Gasteiger partial charge on any atom is -0.355 e. The van der Waals surface area contributed by atoms with Gasteiger partial charge in [-0.15, -0.1) is 6.58 Å². The average Bonchev–Trinajstić information content (AvgIpc) is 2.69. The number of aryl methyl sites for hydroxylation is 1. The van der Waals surface area contributed by atoms with Crippen LogP contribution in [0, 0.1) is 18.8 Å². The van der Waals surface area contributed by atoms with Gasteiger partial charge in [0.1, 0.15) is 0 Å². The molecule has 100 valence electrons. The van der Waals surface area contributed by atoms with Crippen LogP contribution in [0.3, 0.4) is 0 Å². The van der Waals surface area contributed by atoms with Crippen molar-refractivity contribution in [2.75, 3.05) is 11.9 Å². The van der Waals surface area contributed by atoms with Gasteiger partial charge in [-0.3, -0.25) is 0 Å². The highest BCUT2D eigenvalue weighted by Crippen LogP contribution is 2.29. The Morgan fingerprint density at radius 3 is 3.00 bits per heavy atom. The minimum atomic E-state index is 0.799. The van der Waals surface area contributed by atoms with Gasteiger partial charge in [0.2, 0.25) is 5.95 Å². The van der Waals surface area contributed by atoms with Crippen LogP contribution in [0.1, 0.15) is 38.3 Å². The van der Waals surface area contributed by atoms with E-state index < -0.39 is 0 Å². The second-order valence-corrected chi connectivity index (χ2v) is 5.55. The Morgan fingerprint density at radius 2 is 2.28 bits per heavy atom. The number of imidazole rings is 1. The van der Waals surface area contributed by atoms with Crippen LogP contribution in [0.5, 0.6) is 0 Å². The summed E-state index contributed by atoms with van der Waals surface area (Å²) in [6, 6.07) is 0. The molecule has 1 N–H and O–H groups in total. The molecule has 1 fully saturated rings. The topological polar surface area (TPSA) is 29.9 Å². The smallest absolute Gasteiger partial charge is 0.203 e. The molecule has 1 aromatic heterocycles. The van der Waals surface area contributed by atoms with Crippen molar-refractivity contribution in [2.45, 2.75) is 46.1 Å². The van der Waals surface area contributed by atoms with E-state index in [-0.39, 0.29) is 0 Å². The Hall–Kier alpha value is -1.25.